The predicted octanol–water partition coefficient (Wildman–Crippen LogP) is -0.888. The molecule has 0 bridgehead atoms. The number of nitrogens with two attached hydrogens (primary N) is 1. The van der Waals surface area contributed by atoms with E-state index >= 15 is 4.39 Å². The highest BCUT2D eigenvalue weighted by molar-refractivity contribution is 5.74. The molecule has 2 heterocycles. The number of esters is 1. The first kappa shape index (κ1) is 19.3. The summed E-state index contributed by atoms with van der Waals surface area (Å²) in [5.74, 6) is -0.736. The van der Waals surface area contributed by atoms with E-state index in [1.54, 1.807) is 0 Å². The van der Waals surface area contributed by atoms with E-state index < -0.39 is 53.5 Å². The molecular formula is C15H22FN3O6. The van der Waals surface area contributed by atoms with Crippen LogP contribution < -0.4 is 17.0 Å². The lowest BCUT2D eigenvalue weighted by atomic mass is 9.84. The smallest absolute Gasteiger partial charge is 0.330 e. The standard InChI is InChI=1S/C15H22FN3O6/c1-7-5-19(13(22)18-10(7)20)12-14(3,16)15(4,23)9(25-12)6-24-11(21)8(2)17/h5,8-9,12,23H,6,17H2,1-4H3,(H,18,20,22)/t8?,9-,12?,14+,15?/m1/s1. The summed E-state index contributed by atoms with van der Waals surface area (Å²) in [6, 6.07) is -0.886. The molecule has 0 spiro atoms. The van der Waals surface area contributed by atoms with Crippen LogP contribution in [0.5, 0.6) is 0 Å². The van der Waals surface area contributed by atoms with Gasteiger partial charge < -0.3 is 20.3 Å². The van der Waals surface area contributed by atoms with E-state index in [9.17, 15) is 19.5 Å². The summed E-state index contributed by atoms with van der Waals surface area (Å²) in [5.41, 5.74) is -0.413. The number of nitrogens with zero attached hydrogens (tertiary/aromatic N) is 1. The molecule has 0 radical (unpaired) electrons. The molecule has 5 atom stereocenters. The number of H-pyrrole nitrogens is 1. The van der Waals surface area contributed by atoms with Crippen LogP contribution in [0.1, 0.15) is 32.6 Å². The Kier molecular flexibility index (Phi) is 4.90. The molecule has 1 saturated heterocycles. The van der Waals surface area contributed by atoms with Gasteiger partial charge in [-0.1, -0.05) is 0 Å². The third-order valence-electron chi connectivity index (χ3n) is 4.52. The van der Waals surface area contributed by atoms with Crippen molar-refractivity contribution >= 4 is 5.97 Å². The molecule has 0 aliphatic carbocycles. The van der Waals surface area contributed by atoms with Crippen molar-refractivity contribution < 1.29 is 23.8 Å². The Bertz CT molecular complexity index is 782. The van der Waals surface area contributed by atoms with Crippen molar-refractivity contribution in [3.63, 3.8) is 0 Å². The van der Waals surface area contributed by atoms with Gasteiger partial charge in [0.2, 0.25) is 0 Å². The molecule has 1 aromatic heterocycles. The van der Waals surface area contributed by atoms with Gasteiger partial charge in [0.05, 0.1) is 0 Å². The molecule has 1 fully saturated rings. The molecule has 0 amide bonds. The van der Waals surface area contributed by atoms with Crippen molar-refractivity contribution in [1.82, 2.24) is 9.55 Å². The molecular weight excluding hydrogens is 337 g/mol. The van der Waals surface area contributed by atoms with Gasteiger partial charge >= 0.3 is 11.7 Å². The lowest BCUT2D eigenvalue weighted by Crippen LogP contribution is -2.53. The number of aryl methyl sites for hydroxylation is 1. The lowest BCUT2D eigenvalue weighted by molar-refractivity contribution is -0.154. The Morgan fingerprint density at radius 1 is 1.56 bits per heavy atom. The van der Waals surface area contributed by atoms with Gasteiger partial charge in [-0.25, -0.2) is 9.18 Å². The van der Waals surface area contributed by atoms with Crippen molar-refractivity contribution in [1.29, 1.82) is 0 Å². The van der Waals surface area contributed by atoms with Crippen molar-refractivity contribution in [2.75, 3.05) is 6.61 Å². The molecule has 0 aromatic carbocycles. The number of aliphatic hydroxyl groups is 1. The van der Waals surface area contributed by atoms with E-state index in [0.717, 1.165) is 17.7 Å². The third kappa shape index (κ3) is 3.24. The maximum atomic E-state index is 15.3. The highest BCUT2D eigenvalue weighted by atomic mass is 19.1. The van der Waals surface area contributed by atoms with Gasteiger partial charge in [-0.05, 0) is 27.7 Å². The number of halogens is 1. The maximum Gasteiger partial charge on any atom is 0.330 e. The van der Waals surface area contributed by atoms with Crippen LogP contribution in [0.3, 0.4) is 0 Å². The quantitative estimate of drug-likeness (QED) is 0.593. The first-order valence-electron chi connectivity index (χ1n) is 7.70. The van der Waals surface area contributed by atoms with Crippen LogP contribution in [0, 0.1) is 6.92 Å². The molecule has 3 unspecified atom stereocenters. The van der Waals surface area contributed by atoms with E-state index in [-0.39, 0.29) is 5.56 Å². The highest BCUT2D eigenvalue weighted by Gasteiger charge is 2.63. The first-order valence-corrected chi connectivity index (χ1v) is 7.70. The number of carbonyl (C=O) groups is 1. The Morgan fingerprint density at radius 2 is 2.16 bits per heavy atom. The van der Waals surface area contributed by atoms with E-state index in [1.807, 2.05) is 0 Å². The third-order valence-corrected chi connectivity index (χ3v) is 4.52. The zero-order valence-electron chi connectivity index (χ0n) is 14.4. The summed E-state index contributed by atoms with van der Waals surface area (Å²) in [5, 5.41) is 10.6. The average Bonchev–Trinajstić information content (AvgIpc) is 2.67. The zero-order valence-corrected chi connectivity index (χ0v) is 14.4. The van der Waals surface area contributed by atoms with Gasteiger partial charge in [-0.2, -0.15) is 0 Å². The summed E-state index contributed by atoms with van der Waals surface area (Å²) < 4.78 is 26.5. The molecule has 9 nitrogen and oxygen atoms in total. The molecule has 2 rings (SSSR count). The SMILES string of the molecule is Cc1cn(C2O[C@H](COC(=O)C(C)N)C(C)(O)[C@@]2(C)F)c(=O)[nH]c1=O. The Labute approximate surface area is 142 Å². The summed E-state index contributed by atoms with van der Waals surface area (Å²) in [6.45, 7) is 4.67. The van der Waals surface area contributed by atoms with Crippen LogP contribution in [0.4, 0.5) is 4.39 Å². The number of ether oxygens (including phenoxy) is 2. The van der Waals surface area contributed by atoms with Gasteiger partial charge in [-0.15, -0.1) is 0 Å². The van der Waals surface area contributed by atoms with Crippen molar-refractivity contribution in [3.05, 3.63) is 32.6 Å². The van der Waals surface area contributed by atoms with Crippen molar-refractivity contribution in [2.45, 2.75) is 57.3 Å². The van der Waals surface area contributed by atoms with Gasteiger partial charge in [-0.3, -0.25) is 19.1 Å². The number of aromatic amines is 1. The van der Waals surface area contributed by atoms with Crippen LogP contribution in [-0.4, -0.2) is 50.6 Å². The molecule has 1 aromatic rings. The first-order chi connectivity index (χ1) is 11.4. The second-order valence-corrected chi connectivity index (χ2v) is 6.60. The molecule has 10 heteroatoms. The summed E-state index contributed by atoms with van der Waals surface area (Å²) >= 11 is 0. The van der Waals surface area contributed by atoms with Crippen LogP contribution in [0.25, 0.3) is 0 Å². The minimum absolute atomic E-state index is 0.172. The summed E-state index contributed by atoms with van der Waals surface area (Å²) in [4.78, 5) is 37.0. The number of rotatable bonds is 4. The van der Waals surface area contributed by atoms with Crippen LogP contribution >= 0.6 is 0 Å². The summed E-state index contributed by atoms with van der Waals surface area (Å²) in [7, 11) is 0. The number of hydrogen-bond donors (Lipinski definition) is 3. The van der Waals surface area contributed by atoms with Gasteiger partial charge in [0.25, 0.3) is 5.56 Å². The van der Waals surface area contributed by atoms with Crippen molar-refractivity contribution in [2.24, 2.45) is 5.73 Å². The Morgan fingerprint density at radius 3 is 2.72 bits per heavy atom. The fourth-order valence-electron chi connectivity index (χ4n) is 2.56. The second kappa shape index (κ2) is 6.36. The van der Waals surface area contributed by atoms with Gasteiger partial charge in [0, 0.05) is 11.8 Å². The van der Waals surface area contributed by atoms with Gasteiger partial charge in [0.1, 0.15) is 24.4 Å². The predicted molar refractivity (Wildman–Crippen MR) is 84.7 cm³/mol. The van der Waals surface area contributed by atoms with E-state index in [0.29, 0.717) is 0 Å². The second-order valence-electron chi connectivity index (χ2n) is 6.60. The van der Waals surface area contributed by atoms with Crippen LogP contribution in [-0.2, 0) is 14.3 Å². The number of alkyl halides is 1. The monoisotopic (exact) mass is 359 g/mol. The number of hydrogen-bond acceptors (Lipinski definition) is 7. The van der Waals surface area contributed by atoms with Crippen LogP contribution in [0.15, 0.2) is 15.8 Å². The topological polar surface area (TPSA) is 137 Å². The number of carbonyl (C=O) groups excluding carboxylic acids is 1. The summed E-state index contributed by atoms with van der Waals surface area (Å²) in [6.07, 6.45) is -1.62. The molecule has 140 valence electrons. The van der Waals surface area contributed by atoms with Gasteiger partial charge in [0.15, 0.2) is 11.9 Å². The minimum atomic E-state index is -2.41. The molecule has 25 heavy (non-hydrogen) atoms. The fourth-order valence-corrected chi connectivity index (χ4v) is 2.56. The Balaban J connectivity index is 2.36. The Hall–Kier alpha value is -2.04. The number of nitrogens with one attached hydrogen (secondary N) is 1. The molecule has 1 aliphatic heterocycles. The average molecular weight is 359 g/mol. The van der Waals surface area contributed by atoms with E-state index in [2.05, 4.69) is 4.98 Å². The zero-order chi connectivity index (χ0) is 19.2. The molecule has 4 N–H and O–H groups in total. The minimum Gasteiger partial charge on any atom is -0.462 e. The van der Waals surface area contributed by atoms with Crippen molar-refractivity contribution in [3.8, 4) is 0 Å². The fraction of sp³-hybridized carbons (Fsp3) is 0.667. The largest absolute Gasteiger partial charge is 0.462 e. The highest BCUT2D eigenvalue weighted by Crippen LogP contribution is 2.47. The normalized spacial score (nSPS) is 33.2. The van der Waals surface area contributed by atoms with E-state index in [1.165, 1.54) is 20.8 Å². The lowest BCUT2D eigenvalue weighted by Gasteiger charge is -2.33. The maximum absolute atomic E-state index is 15.3. The van der Waals surface area contributed by atoms with E-state index in [4.69, 9.17) is 15.2 Å². The number of aromatic nitrogens is 2. The molecule has 1 aliphatic rings. The molecule has 0 saturated carbocycles. The van der Waals surface area contributed by atoms with Crippen LogP contribution in [0.2, 0.25) is 0 Å².